The van der Waals surface area contributed by atoms with Crippen molar-refractivity contribution in [3.05, 3.63) is 64.7 Å². The van der Waals surface area contributed by atoms with E-state index in [4.69, 9.17) is 10.00 Å². The van der Waals surface area contributed by atoms with E-state index in [9.17, 15) is 9.59 Å². The molecule has 0 atom stereocenters. The van der Waals surface area contributed by atoms with Gasteiger partial charge in [-0.2, -0.15) is 5.26 Å². The Kier molecular flexibility index (Phi) is 4.54. The normalized spacial score (nSPS) is 9.68. The molecule has 0 heterocycles. The van der Waals surface area contributed by atoms with Crippen molar-refractivity contribution < 1.29 is 14.3 Å². The van der Waals surface area contributed by atoms with Crippen molar-refractivity contribution in [3.8, 4) is 6.07 Å². The van der Waals surface area contributed by atoms with E-state index in [0.29, 0.717) is 27.9 Å². The van der Waals surface area contributed by atoms with Crippen LogP contribution in [0.3, 0.4) is 0 Å². The van der Waals surface area contributed by atoms with E-state index in [1.807, 2.05) is 6.07 Å². The number of nitrogens with zero attached hydrogens (tertiary/aromatic N) is 1. The van der Waals surface area contributed by atoms with Crippen LogP contribution in [0.25, 0.3) is 0 Å². The molecule has 1 N–H and O–H groups in total. The molecule has 0 saturated heterocycles. The van der Waals surface area contributed by atoms with E-state index in [1.54, 1.807) is 43.3 Å². The highest BCUT2D eigenvalue weighted by Crippen LogP contribution is 2.20. The molecule has 0 unspecified atom stereocenters. The summed E-state index contributed by atoms with van der Waals surface area (Å²) in [5, 5.41) is 11.6. The number of nitrogens with one attached hydrogen (secondary N) is 1. The molecule has 110 valence electrons. The van der Waals surface area contributed by atoms with Crippen molar-refractivity contribution in [1.82, 2.24) is 0 Å². The van der Waals surface area contributed by atoms with Gasteiger partial charge in [-0.1, -0.05) is 12.1 Å². The van der Waals surface area contributed by atoms with Crippen LogP contribution in [0.15, 0.2) is 42.5 Å². The first-order chi connectivity index (χ1) is 10.6. The highest BCUT2D eigenvalue weighted by Gasteiger charge is 2.14. The van der Waals surface area contributed by atoms with Crippen LogP contribution in [-0.4, -0.2) is 19.0 Å². The number of esters is 1. The SMILES string of the molecule is COC(=O)c1cccc(NC(=O)c2cccc(C#N)c2)c1C. The number of methoxy groups -OCH3 is 1. The number of carbonyl (C=O) groups excluding carboxylic acids is 2. The quantitative estimate of drug-likeness (QED) is 0.883. The second-order valence-corrected chi connectivity index (χ2v) is 4.62. The van der Waals surface area contributed by atoms with Crippen LogP contribution < -0.4 is 5.32 Å². The van der Waals surface area contributed by atoms with Crippen molar-refractivity contribution in [1.29, 1.82) is 5.26 Å². The number of anilines is 1. The smallest absolute Gasteiger partial charge is 0.338 e. The van der Waals surface area contributed by atoms with Gasteiger partial charge in [0.1, 0.15) is 0 Å². The summed E-state index contributed by atoms with van der Waals surface area (Å²) in [7, 11) is 1.31. The van der Waals surface area contributed by atoms with E-state index in [0.717, 1.165) is 0 Å². The van der Waals surface area contributed by atoms with Gasteiger partial charge in [0.25, 0.3) is 5.91 Å². The summed E-state index contributed by atoms with van der Waals surface area (Å²) in [6, 6.07) is 13.4. The van der Waals surface area contributed by atoms with E-state index in [2.05, 4.69) is 5.32 Å². The molecule has 0 fully saturated rings. The minimum atomic E-state index is -0.458. The Morgan fingerprint density at radius 2 is 1.91 bits per heavy atom. The van der Waals surface area contributed by atoms with Gasteiger partial charge in [-0.05, 0) is 42.8 Å². The van der Waals surface area contributed by atoms with Crippen LogP contribution in [0.5, 0.6) is 0 Å². The molecular formula is C17H14N2O3. The van der Waals surface area contributed by atoms with Crippen LogP contribution in [0.1, 0.15) is 31.8 Å². The summed E-state index contributed by atoms with van der Waals surface area (Å²) in [6.07, 6.45) is 0. The number of carbonyl (C=O) groups is 2. The molecule has 0 aromatic heterocycles. The minimum Gasteiger partial charge on any atom is -0.465 e. The van der Waals surface area contributed by atoms with Gasteiger partial charge in [0.15, 0.2) is 0 Å². The molecule has 2 aromatic carbocycles. The molecular weight excluding hydrogens is 280 g/mol. The third-order valence-corrected chi connectivity index (χ3v) is 3.24. The molecule has 0 aliphatic rings. The summed E-state index contributed by atoms with van der Waals surface area (Å²) in [4.78, 5) is 23.9. The van der Waals surface area contributed by atoms with Gasteiger partial charge >= 0.3 is 5.97 Å². The number of benzene rings is 2. The number of hydrogen-bond acceptors (Lipinski definition) is 4. The summed E-state index contributed by atoms with van der Waals surface area (Å²) in [5.41, 5.74) is 2.33. The number of nitriles is 1. The van der Waals surface area contributed by atoms with Gasteiger partial charge in [0.2, 0.25) is 0 Å². The molecule has 5 nitrogen and oxygen atoms in total. The highest BCUT2D eigenvalue weighted by atomic mass is 16.5. The predicted octanol–water partition coefficient (Wildman–Crippen LogP) is 2.91. The molecule has 22 heavy (non-hydrogen) atoms. The van der Waals surface area contributed by atoms with Crippen molar-refractivity contribution in [2.45, 2.75) is 6.92 Å². The Bertz CT molecular complexity index is 776. The zero-order chi connectivity index (χ0) is 16.1. The number of rotatable bonds is 3. The Morgan fingerprint density at radius 1 is 1.18 bits per heavy atom. The first kappa shape index (κ1) is 15.3. The Morgan fingerprint density at radius 3 is 2.59 bits per heavy atom. The maximum absolute atomic E-state index is 12.2. The average molecular weight is 294 g/mol. The van der Waals surface area contributed by atoms with Gasteiger partial charge in [0.05, 0.1) is 24.3 Å². The second-order valence-electron chi connectivity index (χ2n) is 4.62. The average Bonchev–Trinajstić information content (AvgIpc) is 2.56. The number of ether oxygens (including phenoxy) is 1. The zero-order valence-electron chi connectivity index (χ0n) is 12.2. The van der Waals surface area contributed by atoms with Crippen molar-refractivity contribution in [2.75, 3.05) is 12.4 Å². The van der Waals surface area contributed by atoms with Crippen molar-refractivity contribution in [3.63, 3.8) is 0 Å². The first-order valence-corrected chi connectivity index (χ1v) is 6.56. The standard InChI is InChI=1S/C17H14N2O3/c1-11-14(17(21)22-2)7-4-8-15(11)19-16(20)13-6-3-5-12(9-13)10-18/h3-9H,1-2H3,(H,19,20). The second kappa shape index (κ2) is 6.55. The van der Waals surface area contributed by atoms with Gasteiger partial charge in [-0.25, -0.2) is 4.79 Å². The molecule has 5 heteroatoms. The fourth-order valence-corrected chi connectivity index (χ4v) is 2.03. The first-order valence-electron chi connectivity index (χ1n) is 6.56. The highest BCUT2D eigenvalue weighted by molar-refractivity contribution is 6.05. The van der Waals surface area contributed by atoms with E-state index < -0.39 is 5.97 Å². The van der Waals surface area contributed by atoms with Gasteiger partial charge < -0.3 is 10.1 Å². The predicted molar refractivity (Wildman–Crippen MR) is 81.6 cm³/mol. The van der Waals surface area contributed by atoms with Crippen molar-refractivity contribution in [2.24, 2.45) is 0 Å². The van der Waals surface area contributed by atoms with Crippen LogP contribution >= 0.6 is 0 Å². The zero-order valence-corrected chi connectivity index (χ0v) is 12.2. The molecule has 0 radical (unpaired) electrons. The van der Waals surface area contributed by atoms with Gasteiger partial charge in [-0.3, -0.25) is 4.79 Å². The lowest BCUT2D eigenvalue weighted by atomic mass is 10.1. The van der Waals surface area contributed by atoms with Crippen LogP contribution in [0, 0.1) is 18.3 Å². The third-order valence-electron chi connectivity index (χ3n) is 3.24. The van der Waals surface area contributed by atoms with E-state index in [-0.39, 0.29) is 5.91 Å². The molecule has 0 aliphatic heterocycles. The van der Waals surface area contributed by atoms with Crippen molar-refractivity contribution >= 4 is 17.6 Å². The third kappa shape index (κ3) is 3.13. The fraction of sp³-hybridized carbons (Fsp3) is 0.118. The number of hydrogen-bond donors (Lipinski definition) is 1. The Hall–Kier alpha value is -3.13. The molecule has 1 amide bonds. The molecule has 0 saturated carbocycles. The molecule has 2 aromatic rings. The Balaban J connectivity index is 2.29. The summed E-state index contributed by atoms with van der Waals surface area (Å²) < 4.78 is 4.70. The maximum Gasteiger partial charge on any atom is 0.338 e. The largest absolute Gasteiger partial charge is 0.465 e. The van der Waals surface area contributed by atoms with Crippen LogP contribution in [0.4, 0.5) is 5.69 Å². The summed E-state index contributed by atoms with van der Waals surface area (Å²) >= 11 is 0. The Labute approximate surface area is 128 Å². The lowest BCUT2D eigenvalue weighted by Gasteiger charge is -2.11. The summed E-state index contributed by atoms with van der Waals surface area (Å²) in [6.45, 7) is 1.73. The van der Waals surface area contributed by atoms with Crippen LogP contribution in [-0.2, 0) is 4.74 Å². The van der Waals surface area contributed by atoms with Gasteiger partial charge in [0, 0.05) is 11.3 Å². The molecule has 0 aliphatic carbocycles. The number of amides is 1. The maximum atomic E-state index is 12.2. The fourth-order valence-electron chi connectivity index (χ4n) is 2.03. The van der Waals surface area contributed by atoms with Gasteiger partial charge in [-0.15, -0.1) is 0 Å². The molecule has 0 bridgehead atoms. The van der Waals surface area contributed by atoms with E-state index >= 15 is 0 Å². The molecule has 0 spiro atoms. The summed E-state index contributed by atoms with van der Waals surface area (Å²) in [5.74, 6) is -0.803. The monoisotopic (exact) mass is 294 g/mol. The lowest BCUT2D eigenvalue weighted by molar-refractivity contribution is 0.0599. The van der Waals surface area contributed by atoms with E-state index in [1.165, 1.54) is 13.2 Å². The molecule has 2 rings (SSSR count). The topological polar surface area (TPSA) is 79.2 Å². The lowest BCUT2D eigenvalue weighted by Crippen LogP contribution is -2.14. The minimum absolute atomic E-state index is 0.345. The van der Waals surface area contributed by atoms with Crippen LogP contribution in [0.2, 0.25) is 0 Å².